The summed E-state index contributed by atoms with van der Waals surface area (Å²) in [6.45, 7) is 6.16. The molecule has 1 aromatic rings. The molecule has 7 heteroatoms. The van der Waals surface area contributed by atoms with Gasteiger partial charge in [-0.05, 0) is 49.9 Å². The van der Waals surface area contributed by atoms with Gasteiger partial charge in [0, 0.05) is 37.5 Å². The van der Waals surface area contributed by atoms with Gasteiger partial charge in [0.25, 0.3) is 0 Å². The first-order valence-corrected chi connectivity index (χ1v) is 9.39. The van der Waals surface area contributed by atoms with Gasteiger partial charge in [0.2, 0.25) is 11.8 Å². The van der Waals surface area contributed by atoms with Crippen LogP contribution in [0.25, 0.3) is 0 Å². The topological polar surface area (TPSA) is 70.7 Å². The van der Waals surface area contributed by atoms with Crippen molar-refractivity contribution in [3.05, 3.63) is 28.8 Å². The molecule has 1 aliphatic heterocycles. The number of anilines is 1. The lowest BCUT2D eigenvalue weighted by Gasteiger charge is -2.32. The van der Waals surface area contributed by atoms with Crippen molar-refractivity contribution in [1.29, 1.82) is 0 Å². The number of ether oxygens (including phenoxy) is 1. The summed E-state index contributed by atoms with van der Waals surface area (Å²) in [6.07, 6.45) is 2.03. The van der Waals surface area contributed by atoms with Crippen LogP contribution < -0.4 is 10.6 Å². The number of hydrogen-bond donors (Lipinski definition) is 2. The van der Waals surface area contributed by atoms with E-state index in [-0.39, 0.29) is 18.2 Å². The molecule has 0 aromatic heterocycles. The lowest BCUT2D eigenvalue weighted by molar-refractivity contribution is -0.127. The SMILES string of the molecule is COCCN1CCCC(CNC(=O)CC(=O)Nc2cc(Cl)ccc2C)C1. The number of nitrogens with zero attached hydrogens (tertiary/aromatic N) is 1. The van der Waals surface area contributed by atoms with Crippen molar-refractivity contribution in [3.8, 4) is 0 Å². The van der Waals surface area contributed by atoms with E-state index in [4.69, 9.17) is 16.3 Å². The maximum absolute atomic E-state index is 12.1. The van der Waals surface area contributed by atoms with Gasteiger partial charge in [-0.15, -0.1) is 0 Å². The van der Waals surface area contributed by atoms with Crippen LogP contribution in [-0.4, -0.2) is 56.6 Å². The normalized spacial score (nSPS) is 17.7. The zero-order valence-electron chi connectivity index (χ0n) is 15.5. The van der Waals surface area contributed by atoms with Crippen LogP contribution in [0.5, 0.6) is 0 Å². The zero-order chi connectivity index (χ0) is 18.9. The number of carbonyl (C=O) groups excluding carboxylic acids is 2. The summed E-state index contributed by atoms with van der Waals surface area (Å²) in [5.41, 5.74) is 1.54. The number of carbonyl (C=O) groups is 2. The third-order valence-electron chi connectivity index (χ3n) is 4.60. The number of likely N-dealkylation sites (tertiary alicyclic amines) is 1. The second kappa shape index (κ2) is 10.5. The standard InChI is InChI=1S/C19H28ClN3O3/c1-14-5-6-16(20)10-17(14)22-19(25)11-18(24)21-12-15-4-3-7-23(13-15)8-9-26-2/h5-6,10,15H,3-4,7-9,11-13H2,1-2H3,(H,21,24)(H,22,25). The summed E-state index contributed by atoms with van der Waals surface area (Å²) in [7, 11) is 1.71. The fourth-order valence-corrected chi connectivity index (χ4v) is 3.30. The van der Waals surface area contributed by atoms with Crippen molar-refractivity contribution in [3.63, 3.8) is 0 Å². The molecular weight excluding hydrogens is 354 g/mol. The fourth-order valence-electron chi connectivity index (χ4n) is 3.13. The third-order valence-corrected chi connectivity index (χ3v) is 4.83. The number of aryl methyl sites for hydroxylation is 1. The number of nitrogens with one attached hydrogen (secondary N) is 2. The second-order valence-corrected chi connectivity index (χ2v) is 7.23. The van der Waals surface area contributed by atoms with Crippen LogP contribution in [0.4, 0.5) is 5.69 Å². The van der Waals surface area contributed by atoms with Crippen LogP contribution >= 0.6 is 11.6 Å². The number of benzene rings is 1. The molecule has 0 aliphatic carbocycles. The Morgan fingerprint density at radius 2 is 2.15 bits per heavy atom. The number of amides is 2. The Morgan fingerprint density at radius 1 is 1.35 bits per heavy atom. The Labute approximate surface area is 160 Å². The van der Waals surface area contributed by atoms with E-state index in [9.17, 15) is 9.59 Å². The number of rotatable bonds is 8. The molecule has 6 nitrogen and oxygen atoms in total. The van der Waals surface area contributed by atoms with Crippen LogP contribution in [-0.2, 0) is 14.3 Å². The van der Waals surface area contributed by atoms with E-state index in [0.717, 1.165) is 44.6 Å². The predicted molar refractivity (Wildman–Crippen MR) is 103 cm³/mol. The molecule has 0 bridgehead atoms. The minimum atomic E-state index is -0.335. The van der Waals surface area contributed by atoms with Crippen molar-refractivity contribution in [2.45, 2.75) is 26.2 Å². The summed E-state index contributed by atoms with van der Waals surface area (Å²) < 4.78 is 5.12. The van der Waals surface area contributed by atoms with E-state index in [0.29, 0.717) is 23.2 Å². The predicted octanol–water partition coefficient (Wildman–Crippen LogP) is 2.45. The quantitative estimate of drug-likeness (QED) is 0.678. The van der Waals surface area contributed by atoms with Gasteiger partial charge in [-0.1, -0.05) is 17.7 Å². The van der Waals surface area contributed by atoms with Gasteiger partial charge >= 0.3 is 0 Å². The maximum Gasteiger partial charge on any atom is 0.233 e. The summed E-state index contributed by atoms with van der Waals surface area (Å²) in [4.78, 5) is 26.5. The van der Waals surface area contributed by atoms with Gasteiger partial charge in [0.15, 0.2) is 0 Å². The van der Waals surface area contributed by atoms with Gasteiger partial charge in [-0.2, -0.15) is 0 Å². The molecule has 1 saturated heterocycles. The van der Waals surface area contributed by atoms with Crippen LogP contribution in [0.1, 0.15) is 24.8 Å². The zero-order valence-corrected chi connectivity index (χ0v) is 16.3. The Hall–Kier alpha value is -1.63. The molecule has 1 fully saturated rings. The minimum absolute atomic E-state index is 0.188. The highest BCUT2D eigenvalue weighted by molar-refractivity contribution is 6.31. The average molecular weight is 382 g/mol. The largest absolute Gasteiger partial charge is 0.383 e. The van der Waals surface area contributed by atoms with Crippen molar-refractivity contribution in [2.75, 3.05) is 45.2 Å². The van der Waals surface area contributed by atoms with Crippen molar-refractivity contribution < 1.29 is 14.3 Å². The maximum atomic E-state index is 12.1. The second-order valence-electron chi connectivity index (χ2n) is 6.79. The molecule has 0 radical (unpaired) electrons. The Bertz CT molecular complexity index is 624. The smallest absolute Gasteiger partial charge is 0.233 e. The Kier molecular flexibility index (Phi) is 8.35. The molecule has 0 saturated carbocycles. The minimum Gasteiger partial charge on any atom is -0.383 e. The van der Waals surface area contributed by atoms with Crippen LogP contribution in [0.15, 0.2) is 18.2 Å². The van der Waals surface area contributed by atoms with E-state index >= 15 is 0 Å². The van der Waals surface area contributed by atoms with Gasteiger partial charge in [-0.25, -0.2) is 0 Å². The summed E-state index contributed by atoms with van der Waals surface area (Å²) in [5, 5.41) is 6.18. The van der Waals surface area contributed by atoms with E-state index in [1.807, 2.05) is 13.0 Å². The highest BCUT2D eigenvalue weighted by atomic mass is 35.5. The number of methoxy groups -OCH3 is 1. The van der Waals surface area contributed by atoms with E-state index in [1.165, 1.54) is 0 Å². The van der Waals surface area contributed by atoms with Gasteiger partial charge in [0.1, 0.15) is 6.42 Å². The van der Waals surface area contributed by atoms with Crippen LogP contribution in [0.2, 0.25) is 5.02 Å². The molecule has 2 rings (SSSR count). The molecule has 1 aromatic carbocycles. The molecule has 2 amide bonds. The molecule has 1 heterocycles. The summed E-state index contributed by atoms with van der Waals surface area (Å²) >= 11 is 5.94. The van der Waals surface area contributed by atoms with Crippen molar-refractivity contribution in [1.82, 2.24) is 10.2 Å². The van der Waals surface area contributed by atoms with Crippen molar-refractivity contribution in [2.24, 2.45) is 5.92 Å². The third kappa shape index (κ3) is 6.94. The lowest BCUT2D eigenvalue weighted by atomic mass is 9.98. The van der Waals surface area contributed by atoms with E-state index in [1.54, 1.807) is 19.2 Å². The average Bonchev–Trinajstić information content (AvgIpc) is 2.61. The molecule has 1 unspecified atom stereocenters. The molecule has 1 atom stereocenters. The molecule has 1 aliphatic rings. The summed E-state index contributed by atoms with van der Waals surface area (Å²) in [5.74, 6) is -0.169. The first-order chi connectivity index (χ1) is 12.5. The highest BCUT2D eigenvalue weighted by Crippen LogP contribution is 2.20. The van der Waals surface area contributed by atoms with E-state index < -0.39 is 0 Å². The monoisotopic (exact) mass is 381 g/mol. The summed E-state index contributed by atoms with van der Waals surface area (Å²) in [6, 6.07) is 5.28. The molecule has 26 heavy (non-hydrogen) atoms. The molecular formula is C19H28ClN3O3. The Balaban J connectivity index is 1.72. The Morgan fingerprint density at radius 3 is 2.92 bits per heavy atom. The number of halogens is 1. The van der Waals surface area contributed by atoms with Gasteiger partial charge < -0.3 is 20.3 Å². The van der Waals surface area contributed by atoms with Gasteiger partial charge in [0.05, 0.1) is 6.61 Å². The molecule has 2 N–H and O–H groups in total. The van der Waals surface area contributed by atoms with Crippen molar-refractivity contribution >= 4 is 29.1 Å². The lowest BCUT2D eigenvalue weighted by Crippen LogP contribution is -2.42. The number of hydrogen-bond acceptors (Lipinski definition) is 4. The first kappa shape index (κ1) is 20.7. The highest BCUT2D eigenvalue weighted by Gasteiger charge is 2.20. The van der Waals surface area contributed by atoms with Gasteiger partial charge in [-0.3, -0.25) is 9.59 Å². The van der Waals surface area contributed by atoms with Crippen LogP contribution in [0.3, 0.4) is 0 Å². The first-order valence-electron chi connectivity index (χ1n) is 9.02. The molecule has 144 valence electrons. The van der Waals surface area contributed by atoms with E-state index in [2.05, 4.69) is 15.5 Å². The van der Waals surface area contributed by atoms with Crippen LogP contribution in [0, 0.1) is 12.8 Å². The molecule has 0 spiro atoms. The number of piperidine rings is 1. The fraction of sp³-hybridized carbons (Fsp3) is 0.579.